The van der Waals surface area contributed by atoms with E-state index in [2.05, 4.69) is 26.1 Å². The lowest BCUT2D eigenvalue weighted by Crippen LogP contribution is -2.57. The van der Waals surface area contributed by atoms with Gasteiger partial charge in [-0.1, -0.05) is 32.3 Å². The standard InChI is InChI=1S/C37H45FN4O4S/c1-4-22(2)47(45,46)39-35(43)24-10-14-29-32(16-24)41-21-37(36(44)42-26-12-13-27(42)20-40(3)19-26)18-31(37)30-17-25(38)11-15-28(30)34(41)33(29)23-8-6-5-7-9-23/h10-11,14-17,22-23,26-27,31H,4-9,12-13,18-21H2,1-3H3,(H,39,43)/t22?,26?,27?,31-,37-/m0/s1. The van der Waals surface area contributed by atoms with Crippen LogP contribution in [0.5, 0.6) is 0 Å². The van der Waals surface area contributed by atoms with Crippen molar-refractivity contribution in [2.24, 2.45) is 5.41 Å². The summed E-state index contributed by atoms with van der Waals surface area (Å²) in [6.07, 6.45) is 8.66. The molecule has 3 unspecified atom stereocenters. The first kappa shape index (κ1) is 31.1. The van der Waals surface area contributed by atoms with Gasteiger partial charge in [-0.25, -0.2) is 17.5 Å². The fourth-order valence-corrected chi connectivity index (χ4v) is 10.5. The molecule has 2 saturated heterocycles. The third-order valence-electron chi connectivity index (χ3n) is 12.2. The lowest BCUT2D eigenvalue weighted by Gasteiger charge is -2.41. The molecule has 2 aromatic carbocycles. The second kappa shape index (κ2) is 11.2. The summed E-state index contributed by atoms with van der Waals surface area (Å²) in [5.74, 6) is -0.536. The van der Waals surface area contributed by atoms with Gasteiger partial charge in [-0.05, 0) is 99.9 Å². The van der Waals surface area contributed by atoms with Crippen molar-refractivity contribution in [2.75, 3.05) is 20.1 Å². The van der Waals surface area contributed by atoms with E-state index in [0.29, 0.717) is 25.3 Å². The Labute approximate surface area is 276 Å². The quantitative estimate of drug-likeness (QED) is 0.343. The van der Waals surface area contributed by atoms with Gasteiger partial charge in [0.15, 0.2) is 0 Å². The van der Waals surface area contributed by atoms with Crippen molar-refractivity contribution in [1.82, 2.24) is 19.1 Å². The molecule has 2 saturated carbocycles. The molecule has 47 heavy (non-hydrogen) atoms. The molecule has 250 valence electrons. The second-order valence-corrected chi connectivity index (χ2v) is 17.2. The largest absolute Gasteiger partial charge is 0.339 e. The maximum Gasteiger partial charge on any atom is 0.264 e. The number of hydrogen-bond acceptors (Lipinski definition) is 5. The zero-order chi connectivity index (χ0) is 32.8. The molecule has 5 atom stereocenters. The molecule has 8 nitrogen and oxygen atoms in total. The van der Waals surface area contributed by atoms with E-state index < -0.39 is 26.6 Å². The summed E-state index contributed by atoms with van der Waals surface area (Å²) in [4.78, 5) is 32.8. The third-order valence-corrected chi connectivity index (χ3v) is 14.1. The Bertz CT molecular complexity index is 1890. The fraction of sp³-hybridized carbons (Fsp3) is 0.568. The van der Waals surface area contributed by atoms with Crippen LogP contribution in [0.2, 0.25) is 0 Å². The van der Waals surface area contributed by atoms with Crippen LogP contribution in [0.15, 0.2) is 36.4 Å². The molecule has 2 bridgehead atoms. The van der Waals surface area contributed by atoms with Crippen LogP contribution in [0.4, 0.5) is 4.39 Å². The number of likely N-dealkylation sites (tertiary alicyclic amines) is 1. The number of carbonyl (C=O) groups is 2. The molecule has 1 aromatic heterocycles. The molecule has 0 radical (unpaired) electrons. The van der Waals surface area contributed by atoms with Gasteiger partial charge < -0.3 is 14.4 Å². The first-order valence-corrected chi connectivity index (χ1v) is 19.1. The Morgan fingerprint density at radius 1 is 1.02 bits per heavy atom. The van der Waals surface area contributed by atoms with Gasteiger partial charge in [0.1, 0.15) is 5.82 Å². The Hall–Kier alpha value is -3.24. The van der Waals surface area contributed by atoms with Gasteiger partial charge in [0.2, 0.25) is 15.9 Å². The van der Waals surface area contributed by atoms with E-state index in [-0.39, 0.29) is 35.3 Å². The summed E-state index contributed by atoms with van der Waals surface area (Å²) >= 11 is 0. The van der Waals surface area contributed by atoms with Gasteiger partial charge in [-0.2, -0.15) is 0 Å². The molecule has 0 spiro atoms. The van der Waals surface area contributed by atoms with Crippen LogP contribution >= 0.6 is 0 Å². The second-order valence-electron chi connectivity index (χ2n) is 15.1. The summed E-state index contributed by atoms with van der Waals surface area (Å²) in [6, 6.07) is 11.0. The molecular weight excluding hydrogens is 615 g/mol. The Morgan fingerprint density at radius 2 is 1.74 bits per heavy atom. The minimum Gasteiger partial charge on any atom is -0.339 e. The number of halogens is 1. The average Bonchev–Trinajstić information content (AvgIpc) is 3.64. The van der Waals surface area contributed by atoms with Crippen molar-refractivity contribution in [3.05, 3.63) is 58.9 Å². The van der Waals surface area contributed by atoms with Crippen molar-refractivity contribution < 1.29 is 22.4 Å². The number of nitrogens with one attached hydrogen (secondary N) is 1. The number of nitrogens with zero attached hydrogens (tertiary/aromatic N) is 3. The Morgan fingerprint density at radius 3 is 2.45 bits per heavy atom. The highest BCUT2D eigenvalue weighted by Crippen LogP contribution is 2.66. The van der Waals surface area contributed by atoms with Gasteiger partial charge in [0.25, 0.3) is 5.91 Å². The molecule has 4 fully saturated rings. The molecule has 10 heteroatoms. The third kappa shape index (κ3) is 4.87. The van der Waals surface area contributed by atoms with Crippen molar-refractivity contribution in [2.45, 2.75) is 107 Å². The SMILES string of the molecule is CCC(C)S(=O)(=O)NC(=O)c1ccc2c(C3CCCCC3)c3n(c2c1)C[C@@]1(C(=O)N2C4CCC2CN(C)C4)C[C@H]1c1cc(F)ccc1-3. The number of benzene rings is 2. The summed E-state index contributed by atoms with van der Waals surface area (Å²) in [5.41, 5.74) is 4.56. The number of aromatic nitrogens is 1. The van der Waals surface area contributed by atoms with Gasteiger partial charge in [-0.15, -0.1) is 0 Å². The number of likely N-dealkylation sites (N-methyl/N-ethyl adjacent to an activating group) is 1. The number of sulfonamides is 1. The van der Waals surface area contributed by atoms with Gasteiger partial charge >= 0.3 is 0 Å². The summed E-state index contributed by atoms with van der Waals surface area (Å²) in [5, 5.41) is 0.335. The number of carbonyl (C=O) groups excluding carboxylic acids is 2. The smallest absolute Gasteiger partial charge is 0.264 e. The van der Waals surface area contributed by atoms with Crippen molar-refractivity contribution in [3.8, 4) is 11.3 Å². The van der Waals surface area contributed by atoms with E-state index >= 15 is 4.39 Å². The highest BCUT2D eigenvalue weighted by atomic mass is 32.2. The van der Waals surface area contributed by atoms with Gasteiger partial charge in [0.05, 0.1) is 16.4 Å². The first-order valence-electron chi connectivity index (χ1n) is 17.6. The highest BCUT2D eigenvalue weighted by Gasteiger charge is 2.65. The molecule has 2 aliphatic carbocycles. The predicted octanol–water partition coefficient (Wildman–Crippen LogP) is 6.15. The zero-order valence-corrected chi connectivity index (χ0v) is 28.4. The van der Waals surface area contributed by atoms with Crippen LogP contribution < -0.4 is 4.72 Å². The maximum absolute atomic E-state index is 15.1. The normalized spacial score (nSPS) is 27.9. The molecule has 3 aromatic rings. The molecule has 2 amide bonds. The summed E-state index contributed by atoms with van der Waals surface area (Å²) < 4.78 is 45.3. The van der Waals surface area contributed by atoms with E-state index in [4.69, 9.17) is 0 Å². The van der Waals surface area contributed by atoms with Crippen LogP contribution in [0, 0.1) is 11.2 Å². The van der Waals surface area contributed by atoms with E-state index in [1.165, 1.54) is 18.1 Å². The fourth-order valence-electron chi connectivity index (χ4n) is 9.50. The molecular formula is C37H45FN4O4S. The molecule has 3 aliphatic heterocycles. The Kier molecular flexibility index (Phi) is 7.37. The van der Waals surface area contributed by atoms with Crippen LogP contribution in [0.3, 0.4) is 0 Å². The van der Waals surface area contributed by atoms with E-state index in [9.17, 15) is 18.0 Å². The predicted molar refractivity (Wildman–Crippen MR) is 180 cm³/mol. The Balaban J connectivity index is 1.30. The molecule has 1 N–H and O–H groups in total. The van der Waals surface area contributed by atoms with Gasteiger partial charge in [-0.3, -0.25) is 9.59 Å². The number of hydrogen-bond donors (Lipinski definition) is 1. The highest BCUT2D eigenvalue weighted by molar-refractivity contribution is 7.90. The molecule has 8 rings (SSSR count). The molecule has 5 aliphatic rings. The van der Waals surface area contributed by atoms with Crippen LogP contribution in [0.1, 0.15) is 105 Å². The topological polar surface area (TPSA) is 91.7 Å². The zero-order valence-electron chi connectivity index (χ0n) is 27.6. The monoisotopic (exact) mass is 660 g/mol. The van der Waals surface area contributed by atoms with Crippen molar-refractivity contribution in [1.29, 1.82) is 0 Å². The van der Waals surface area contributed by atoms with Gasteiger partial charge in [0, 0.05) is 59.7 Å². The number of piperazine rings is 1. The summed E-state index contributed by atoms with van der Waals surface area (Å²) in [6.45, 7) is 5.57. The van der Waals surface area contributed by atoms with E-state index in [1.807, 2.05) is 18.2 Å². The minimum absolute atomic E-state index is 0.0823. The van der Waals surface area contributed by atoms with Crippen LogP contribution in [-0.4, -0.2) is 72.1 Å². The number of fused-ring (bicyclic) bond motifs is 9. The minimum atomic E-state index is -3.83. The van der Waals surface area contributed by atoms with Crippen molar-refractivity contribution in [3.63, 3.8) is 0 Å². The van der Waals surface area contributed by atoms with E-state index in [0.717, 1.165) is 79.3 Å². The molecule has 4 heterocycles. The number of rotatable bonds is 6. The number of amides is 2. The van der Waals surface area contributed by atoms with Crippen molar-refractivity contribution >= 4 is 32.7 Å². The first-order chi connectivity index (χ1) is 22.5. The maximum atomic E-state index is 15.1. The average molecular weight is 661 g/mol. The van der Waals surface area contributed by atoms with Crippen LogP contribution in [-0.2, 0) is 21.4 Å². The van der Waals surface area contributed by atoms with E-state index in [1.54, 1.807) is 26.0 Å². The summed E-state index contributed by atoms with van der Waals surface area (Å²) in [7, 11) is -1.70. The van der Waals surface area contributed by atoms with Crippen LogP contribution in [0.25, 0.3) is 22.2 Å². The lowest BCUT2D eigenvalue weighted by molar-refractivity contribution is -0.143. The lowest BCUT2D eigenvalue weighted by atomic mass is 9.81.